The minimum absolute atomic E-state index is 0.0474. The highest BCUT2D eigenvalue weighted by Gasteiger charge is 2.27. The maximum atomic E-state index is 13.3. The molecule has 0 saturated carbocycles. The van der Waals surface area contributed by atoms with Gasteiger partial charge in [-0.1, -0.05) is 46.7 Å². The van der Waals surface area contributed by atoms with Gasteiger partial charge in [-0.05, 0) is 56.9 Å². The van der Waals surface area contributed by atoms with Crippen LogP contribution in [0.15, 0.2) is 41.3 Å². The summed E-state index contributed by atoms with van der Waals surface area (Å²) < 4.78 is 31.9. The number of thiazole rings is 1. The van der Waals surface area contributed by atoms with Crippen molar-refractivity contribution < 1.29 is 17.9 Å². The Morgan fingerprint density at radius 1 is 1.21 bits per heavy atom. The molecule has 1 fully saturated rings. The van der Waals surface area contributed by atoms with Crippen LogP contribution in [0.25, 0.3) is 10.2 Å². The Labute approximate surface area is 203 Å². The van der Waals surface area contributed by atoms with E-state index in [-0.39, 0.29) is 35.5 Å². The van der Waals surface area contributed by atoms with E-state index < -0.39 is 9.84 Å². The van der Waals surface area contributed by atoms with Gasteiger partial charge in [0, 0.05) is 13.0 Å². The van der Waals surface area contributed by atoms with Gasteiger partial charge < -0.3 is 4.74 Å². The number of sulfone groups is 1. The molecular formula is C24H27ClN2O4S2. The number of fused-ring (bicyclic) bond motifs is 1. The van der Waals surface area contributed by atoms with E-state index in [9.17, 15) is 13.2 Å². The van der Waals surface area contributed by atoms with Gasteiger partial charge in [-0.2, -0.15) is 0 Å². The van der Waals surface area contributed by atoms with E-state index in [0.717, 1.165) is 34.2 Å². The molecule has 0 spiro atoms. The Balaban J connectivity index is 1.51. The van der Waals surface area contributed by atoms with E-state index in [1.165, 1.54) is 11.3 Å². The summed E-state index contributed by atoms with van der Waals surface area (Å²) in [6.45, 7) is 4.96. The van der Waals surface area contributed by atoms with Crippen LogP contribution in [-0.4, -0.2) is 44.3 Å². The van der Waals surface area contributed by atoms with Crippen molar-refractivity contribution in [3.8, 4) is 0 Å². The zero-order valence-corrected chi connectivity index (χ0v) is 21.1. The third kappa shape index (κ3) is 5.57. The topological polar surface area (TPSA) is 76.6 Å². The third-order valence-corrected chi connectivity index (χ3v) is 9.17. The zero-order valence-electron chi connectivity index (χ0n) is 18.7. The number of nitrogens with zero attached hydrogens (tertiary/aromatic N) is 2. The monoisotopic (exact) mass is 506 g/mol. The van der Waals surface area contributed by atoms with Crippen molar-refractivity contribution in [3.05, 3.63) is 52.5 Å². The lowest BCUT2D eigenvalue weighted by atomic mass is 10.2. The molecule has 2 aromatic carbocycles. The van der Waals surface area contributed by atoms with Gasteiger partial charge >= 0.3 is 0 Å². The summed E-state index contributed by atoms with van der Waals surface area (Å²) in [6.07, 6.45) is 2.15. The number of halogens is 1. The molecule has 1 aromatic heterocycles. The Hall–Kier alpha value is -2.00. The van der Waals surface area contributed by atoms with Crippen LogP contribution in [0, 0.1) is 13.8 Å². The van der Waals surface area contributed by atoms with Crippen LogP contribution >= 0.6 is 22.9 Å². The standard InChI is InChI=1S/C24H27ClN2O4S2/c1-16-7-10-19(11-8-16)33(29,30)14-4-6-21(28)27(15-18-5-3-13-31-18)24-26-22-17(2)9-12-20(25)23(22)32-24/h7-12,18H,3-6,13-15H2,1-2H3. The largest absolute Gasteiger partial charge is 0.376 e. The van der Waals surface area contributed by atoms with Crippen molar-refractivity contribution in [2.24, 2.45) is 0 Å². The first-order valence-electron chi connectivity index (χ1n) is 11.0. The molecule has 33 heavy (non-hydrogen) atoms. The molecule has 1 aliphatic rings. The second-order valence-corrected chi connectivity index (χ2v) is 11.9. The summed E-state index contributed by atoms with van der Waals surface area (Å²) in [5.74, 6) is -0.238. The van der Waals surface area contributed by atoms with Crippen LogP contribution in [0.5, 0.6) is 0 Å². The normalized spacial score (nSPS) is 16.4. The molecule has 0 radical (unpaired) electrons. The summed E-state index contributed by atoms with van der Waals surface area (Å²) in [7, 11) is -3.44. The van der Waals surface area contributed by atoms with Gasteiger partial charge in [0.25, 0.3) is 0 Å². The number of hydrogen-bond acceptors (Lipinski definition) is 6. The first-order valence-corrected chi connectivity index (χ1v) is 13.9. The fraction of sp³-hybridized carbons (Fsp3) is 0.417. The van der Waals surface area contributed by atoms with Crippen molar-refractivity contribution in [2.45, 2.75) is 50.5 Å². The molecule has 9 heteroatoms. The number of aryl methyl sites for hydroxylation is 2. The average molecular weight is 507 g/mol. The number of anilines is 1. The first kappa shape index (κ1) is 24.1. The maximum Gasteiger partial charge on any atom is 0.228 e. The summed E-state index contributed by atoms with van der Waals surface area (Å²) >= 11 is 7.76. The molecule has 1 atom stereocenters. The average Bonchev–Trinajstić information content (AvgIpc) is 3.45. The number of hydrogen-bond donors (Lipinski definition) is 0. The van der Waals surface area contributed by atoms with E-state index in [0.29, 0.717) is 23.3 Å². The molecular weight excluding hydrogens is 480 g/mol. The molecule has 2 heterocycles. The van der Waals surface area contributed by atoms with Gasteiger partial charge in [-0.3, -0.25) is 9.69 Å². The molecule has 1 unspecified atom stereocenters. The second kappa shape index (κ2) is 10.1. The molecule has 0 N–H and O–H groups in total. The van der Waals surface area contributed by atoms with E-state index in [1.54, 1.807) is 29.2 Å². The number of carbonyl (C=O) groups excluding carboxylic acids is 1. The van der Waals surface area contributed by atoms with Crippen LogP contribution in [0.1, 0.15) is 36.8 Å². The number of aromatic nitrogens is 1. The SMILES string of the molecule is Cc1ccc(S(=O)(=O)CCCC(=O)N(CC2CCCO2)c2nc3c(C)ccc(Cl)c3s2)cc1. The van der Waals surface area contributed by atoms with Gasteiger partial charge in [0.15, 0.2) is 15.0 Å². The van der Waals surface area contributed by atoms with E-state index in [1.807, 2.05) is 26.0 Å². The van der Waals surface area contributed by atoms with Crippen molar-refractivity contribution in [1.29, 1.82) is 0 Å². The van der Waals surface area contributed by atoms with Crippen LogP contribution < -0.4 is 4.90 Å². The molecule has 4 rings (SSSR count). The minimum Gasteiger partial charge on any atom is -0.376 e. The highest BCUT2D eigenvalue weighted by atomic mass is 35.5. The van der Waals surface area contributed by atoms with Crippen LogP contribution in [0.3, 0.4) is 0 Å². The minimum atomic E-state index is -3.44. The quantitative estimate of drug-likeness (QED) is 0.412. The lowest BCUT2D eigenvalue weighted by molar-refractivity contribution is -0.119. The summed E-state index contributed by atoms with van der Waals surface area (Å²) in [6, 6.07) is 10.5. The van der Waals surface area contributed by atoms with E-state index in [4.69, 9.17) is 21.3 Å². The molecule has 1 amide bonds. The Morgan fingerprint density at radius 2 is 1.97 bits per heavy atom. The van der Waals surface area contributed by atoms with Crippen LogP contribution in [0.4, 0.5) is 5.13 Å². The second-order valence-electron chi connectivity index (χ2n) is 8.41. The van der Waals surface area contributed by atoms with Crippen molar-refractivity contribution in [2.75, 3.05) is 23.8 Å². The predicted molar refractivity (Wildman–Crippen MR) is 133 cm³/mol. The zero-order chi connectivity index (χ0) is 23.6. The van der Waals surface area contributed by atoms with Gasteiger partial charge in [-0.15, -0.1) is 0 Å². The molecule has 3 aromatic rings. The molecule has 0 bridgehead atoms. The number of carbonyl (C=O) groups is 1. The molecule has 0 aliphatic carbocycles. The van der Waals surface area contributed by atoms with Crippen LogP contribution in [0.2, 0.25) is 5.02 Å². The molecule has 1 saturated heterocycles. The first-order chi connectivity index (χ1) is 15.7. The van der Waals surface area contributed by atoms with Crippen molar-refractivity contribution >= 4 is 54.0 Å². The van der Waals surface area contributed by atoms with Crippen molar-refractivity contribution in [3.63, 3.8) is 0 Å². The van der Waals surface area contributed by atoms with E-state index >= 15 is 0 Å². The maximum absolute atomic E-state index is 13.3. The lowest BCUT2D eigenvalue weighted by Gasteiger charge is -2.23. The number of ether oxygens (including phenoxy) is 1. The van der Waals surface area contributed by atoms with Crippen LogP contribution in [-0.2, 0) is 19.4 Å². The Bertz CT molecular complexity index is 1210. The summed E-state index contributed by atoms with van der Waals surface area (Å²) in [5, 5.41) is 1.18. The molecule has 176 valence electrons. The van der Waals surface area contributed by atoms with Gasteiger partial charge in [-0.25, -0.2) is 13.4 Å². The van der Waals surface area contributed by atoms with Crippen molar-refractivity contribution in [1.82, 2.24) is 4.98 Å². The molecule has 1 aliphatic heterocycles. The lowest BCUT2D eigenvalue weighted by Crippen LogP contribution is -2.37. The summed E-state index contributed by atoms with van der Waals surface area (Å²) in [5.41, 5.74) is 2.78. The highest BCUT2D eigenvalue weighted by Crippen LogP contribution is 2.36. The number of amides is 1. The highest BCUT2D eigenvalue weighted by molar-refractivity contribution is 7.91. The third-order valence-electron chi connectivity index (χ3n) is 5.81. The molecule has 6 nitrogen and oxygen atoms in total. The number of benzene rings is 2. The fourth-order valence-electron chi connectivity index (χ4n) is 3.90. The van der Waals surface area contributed by atoms with Gasteiger partial charge in [0.2, 0.25) is 5.91 Å². The fourth-order valence-corrected chi connectivity index (χ4v) is 6.55. The number of rotatable bonds is 8. The smallest absolute Gasteiger partial charge is 0.228 e. The predicted octanol–water partition coefficient (Wildman–Crippen LogP) is 5.33. The van der Waals surface area contributed by atoms with Gasteiger partial charge in [0.05, 0.1) is 38.5 Å². The van der Waals surface area contributed by atoms with Gasteiger partial charge in [0.1, 0.15) is 0 Å². The Morgan fingerprint density at radius 3 is 2.64 bits per heavy atom. The Kier molecular flexibility index (Phi) is 7.38. The summed E-state index contributed by atoms with van der Waals surface area (Å²) in [4.78, 5) is 19.9. The van der Waals surface area contributed by atoms with E-state index in [2.05, 4.69) is 0 Å².